The number of aromatic nitrogens is 2. The standard InChI is InChI=1S/C24H25BN5O/c1-29(2)21-12-6-11-20(14-21)26-23-15-22(18-8-4-3-5-9-18)27-24(28-23)19-10-7-13-30(16-19)25-17-31/h3-6,8-9,11-12,14-17H,7,10,13H2,1-2H3,(H,26,27,28). The quantitative estimate of drug-likeness (QED) is 0.466. The fraction of sp³-hybridized carbons (Fsp3) is 0.208. The Kier molecular flexibility index (Phi) is 6.31. The van der Waals surface area contributed by atoms with Crippen LogP contribution in [-0.2, 0) is 4.79 Å². The minimum atomic E-state index is 0.677. The van der Waals surface area contributed by atoms with E-state index < -0.39 is 0 Å². The summed E-state index contributed by atoms with van der Waals surface area (Å²) in [5, 5.41) is 3.44. The van der Waals surface area contributed by atoms with Gasteiger partial charge >= 0.3 is 7.41 Å². The van der Waals surface area contributed by atoms with Gasteiger partial charge in [-0.1, -0.05) is 36.4 Å². The third-order valence-corrected chi connectivity index (χ3v) is 5.15. The Morgan fingerprint density at radius 3 is 2.68 bits per heavy atom. The van der Waals surface area contributed by atoms with Crippen molar-refractivity contribution in [3.63, 3.8) is 0 Å². The van der Waals surface area contributed by atoms with Crippen LogP contribution in [0.3, 0.4) is 0 Å². The molecule has 0 unspecified atom stereocenters. The lowest BCUT2D eigenvalue weighted by Gasteiger charge is -2.24. The van der Waals surface area contributed by atoms with Crippen molar-refractivity contribution >= 4 is 36.4 Å². The Bertz CT molecular complexity index is 1080. The molecule has 1 aliphatic heterocycles. The van der Waals surface area contributed by atoms with Crippen LogP contribution in [0.2, 0.25) is 0 Å². The highest BCUT2D eigenvalue weighted by molar-refractivity contribution is 6.64. The molecular formula is C24H25BN5O. The highest BCUT2D eigenvalue weighted by Crippen LogP contribution is 2.28. The van der Waals surface area contributed by atoms with Crippen LogP contribution in [-0.4, -0.2) is 49.0 Å². The molecule has 155 valence electrons. The topological polar surface area (TPSA) is 61.4 Å². The van der Waals surface area contributed by atoms with Gasteiger partial charge in [0, 0.05) is 49.2 Å². The van der Waals surface area contributed by atoms with Crippen molar-refractivity contribution in [1.29, 1.82) is 0 Å². The SMILES string of the molecule is CN(C)c1cccc(Nc2cc(-c3ccccc3)nc(C3=CN([B]C=O)CCC3)n2)c1. The number of allylic oxidation sites excluding steroid dienone is 1. The van der Waals surface area contributed by atoms with Gasteiger partial charge in [-0.3, -0.25) is 0 Å². The minimum Gasteiger partial charge on any atom is -0.418 e. The average Bonchev–Trinajstić information content (AvgIpc) is 2.80. The van der Waals surface area contributed by atoms with E-state index in [0.29, 0.717) is 5.82 Å². The second-order valence-corrected chi connectivity index (χ2v) is 7.68. The first-order valence-corrected chi connectivity index (χ1v) is 10.4. The second kappa shape index (κ2) is 9.47. The summed E-state index contributed by atoms with van der Waals surface area (Å²) in [5.74, 6) is 1.41. The lowest BCUT2D eigenvalue weighted by molar-refractivity contribution is 0.534. The van der Waals surface area contributed by atoms with E-state index in [1.54, 1.807) is 7.41 Å². The second-order valence-electron chi connectivity index (χ2n) is 7.68. The smallest absolute Gasteiger partial charge is 0.328 e. The van der Waals surface area contributed by atoms with E-state index in [1.807, 2.05) is 73.6 Å². The zero-order valence-electron chi connectivity index (χ0n) is 17.8. The van der Waals surface area contributed by atoms with Crippen molar-refractivity contribution in [3.05, 3.63) is 72.7 Å². The fourth-order valence-corrected chi connectivity index (χ4v) is 3.57. The van der Waals surface area contributed by atoms with Gasteiger partial charge in [0.1, 0.15) is 12.0 Å². The van der Waals surface area contributed by atoms with Gasteiger partial charge in [0.25, 0.3) is 0 Å². The summed E-state index contributed by atoms with van der Waals surface area (Å²) in [5.41, 5.74) is 4.98. The third-order valence-electron chi connectivity index (χ3n) is 5.15. The molecule has 1 aliphatic rings. The fourth-order valence-electron chi connectivity index (χ4n) is 3.57. The molecule has 0 atom stereocenters. The number of rotatable bonds is 7. The van der Waals surface area contributed by atoms with E-state index >= 15 is 0 Å². The normalized spacial score (nSPS) is 13.4. The molecule has 1 radical (unpaired) electrons. The monoisotopic (exact) mass is 410 g/mol. The van der Waals surface area contributed by atoms with Crippen molar-refractivity contribution < 1.29 is 4.79 Å². The largest absolute Gasteiger partial charge is 0.418 e. The molecule has 0 amide bonds. The van der Waals surface area contributed by atoms with Gasteiger partial charge in [0.05, 0.1) is 5.69 Å². The number of hydrogen-bond donors (Lipinski definition) is 1. The van der Waals surface area contributed by atoms with E-state index in [4.69, 9.17) is 9.97 Å². The summed E-state index contributed by atoms with van der Waals surface area (Å²) in [7, 11) is 5.59. The van der Waals surface area contributed by atoms with Crippen molar-refractivity contribution in [2.24, 2.45) is 0 Å². The van der Waals surface area contributed by atoms with Crippen molar-refractivity contribution in [2.45, 2.75) is 12.8 Å². The van der Waals surface area contributed by atoms with E-state index in [2.05, 4.69) is 22.3 Å². The zero-order chi connectivity index (χ0) is 21.6. The van der Waals surface area contributed by atoms with E-state index in [9.17, 15) is 4.79 Å². The highest BCUT2D eigenvalue weighted by Gasteiger charge is 2.16. The number of hydrogen-bond acceptors (Lipinski definition) is 6. The van der Waals surface area contributed by atoms with Gasteiger partial charge in [-0.2, -0.15) is 0 Å². The van der Waals surface area contributed by atoms with Crippen molar-refractivity contribution in [1.82, 2.24) is 14.8 Å². The first-order valence-electron chi connectivity index (χ1n) is 10.4. The Morgan fingerprint density at radius 2 is 1.90 bits per heavy atom. The van der Waals surface area contributed by atoms with Gasteiger partial charge in [0.2, 0.25) is 0 Å². The van der Waals surface area contributed by atoms with Gasteiger partial charge in [0.15, 0.2) is 5.82 Å². The molecule has 0 fully saturated rings. The van der Waals surface area contributed by atoms with Crippen molar-refractivity contribution in [2.75, 3.05) is 30.9 Å². The highest BCUT2D eigenvalue weighted by atomic mass is 16.1. The molecule has 1 aromatic heterocycles. The molecule has 4 rings (SSSR count). The van der Waals surface area contributed by atoms with Gasteiger partial charge in [-0.15, -0.1) is 0 Å². The van der Waals surface area contributed by atoms with Crippen LogP contribution >= 0.6 is 0 Å². The minimum absolute atomic E-state index is 0.677. The Hall–Kier alpha value is -3.61. The summed E-state index contributed by atoms with van der Waals surface area (Å²) in [6, 6.07) is 20.3. The molecule has 0 saturated carbocycles. The number of nitrogens with one attached hydrogen (secondary N) is 1. The van der Waals surface area contributed by atoms with Crippen LogP contribution in [0, 0.1) is 0 Å². The molecule has 31 heavy (non-hydrogen) atoms. The predicted octanol–water partition coefficient (Wildman–Crippen LogP) is 4.20. The molecule has 3 aromatic rings. The molecule has 7 heteroatoms. The first kappa shape index (κ1) is 20.7. The summed E-state index contributed by atoms with van der Waals surface area (Å²) in [6.45, 7) is 0.822. The summed E-state index contributed by atoms with van der Waals surface area (Å²) >= 11 is 0. The van der Waals surface area contributed by atoms with Crippen LogP contribution in [0.5, 0.6) is 0 Å². The Labute approximate surface area is 183 Å². The predicted molar refractivity (Wildman–Crippen MR) is 128 cm³/mol. The van der Waals surface area contributed by atoms with Crippen LogP contribution in [0.25, 0.3) is 16.8 Å². The molecule has 0 saturated heterocycles. The Morgan fingerprint density at radius 1 is 1.06 bits per heavy atom. The lowest BCUT2D eigenvalue weighted by atomic mass is 9.91. The van der Waals surface area contributed by atoms with E-state index in [-0.39, 0.29) is 0 Å². The number of anilines is 3. The molecule has 6 nitrogen and oxygen atoms in total. The van der Waals surface area contributed by atoms with Crippen LogP contribution in [0.15, 0.2) is 66.9 Å². The number of nitrogens with zero attached hydrogens (tertiary/aromatic N) is 4. The maximum absolute atomic E-state index is 10.9. The van der Waals surface area contributed by atoms with Gasteiger partial charge in [-0.25, -0.2) is 9.97 Å². The molecule has 2 heterocycles. The van der Waals surface area contributed by atoms with E-state index in [0.717, 1.165) is 59.6 Å². The Balaban J connectivity index is 1.73. The molecule has 0 bridgehead atoms. The molecule has 0 aliphatic carbocycles. The number of carbonyl (C=O) groups is 1. The molecular weight excluding hydrogens is 385 g/mol. The maximum Gasteiger partial charge on any atom is 0.328 e. The van der Waals surface area contributed by atoms with Crippen LogP contribution in [0.1, 0.15) is 18.7 Å². The number of benzene rings is 2. The first-order chi connectivity index (χ1) is 15.1. The maximum atomic E-state index is 10.9. The third kappa shape index (κ3) is 5.12. The summed E-state index contributed by atoms with van der Waals surface area (Å²) in [6.07, 6.45) is 4.60. The van der Waals surface area contributed by atoms with Crippen molar-refractivity contribution in [3.8, 4) is 11.3 Å². The van der Waals surface area contributed by atoms with Crippen LogP contribution < -0.4 is 10.2 Å². The summed E-state index contributed by atoms with van der Waals surface area (Å²) < 4.78 is 0. The van der Waals surface area contributed by atoms with Gasteiger partial charge < -0.3 is 19.8 Å². The zero-order valence-corrected chi connectivity index (χ0v) is 17.8. The molecule has 1 N–H and O–H groups in total. The van der Waals surface area contributed by atoms with E-state index in [1.165, 1.54) is 0 Å². The van der Waals surface area contributed by atoms with Crippen LogP contribution in [0.4, 0.5) is 17.2 Å². The average molecular weight is 410 g/mol. The lowest BCUT2D eigenvalue weighted by Crippen LogP contribution is -2.27. The summed E-state index contributed by atoms with van der Waals surface area (Å²) in [4.78, 5) is 24.6. The molecule has 2 aromatic carbocycles. The molecule has 0 spiro atoms. The number of carbonyl (C=O) groups excluding carboxylic acids is 1. The van der Waals surface area contributed by atoms with Gasteiger partial charge in [-0.05, 0) is 37.2 Å².